The van der Waals surface area contributed by atoms with Gasteiger partial charge in [0.05, 0.1) is 7.11 Å². The van der Waals surface area contributed by atoms with Crippen molar-refractivity contribution in [3.05, 3.63) is 29.8 Å². The van der Waals surface area contributed by atoms with E-state index < -0.39 is 0 Å². The molecule has 0 radical (unpaired) electrons. The monoisotopic (exact) mass is 292 g/mol. The summed E-state index contributed by atoms with van der Waals surface area (Å²) < 4.78 is 5.15. The summed E-state index contributed by atoms with van der Waals surface area (Å²) in [6, 6.07) is 8.79. The van der Waals surface area contributed by atoms with Crippen LogP contribution in [-0.2, 0) is 11.2 Å². The van der Waals surface area contributed by atoms with Crippen molar-refractivity contribution in [3.63, 3.8) is 0 Å². The standard InChI is InChI=1S/C17H28N2O2/c1-13(2)19-17(20)11-12-18-14(3)5-6-15-7-9-16(21-4)10-8-15/h7-10,13-14,18H,5-6,11-12H2,1-4H3,(H,19,20). The molecule has 0 aliphatic carbocycles. The highest BCUT2D eigenvalue weighted by atomic mass is 16.5. The van der Waals surface area contributed by atoms with Crippen molar-refractivity contribution in [2.45, 2.75) is 52.1 Å². The molecule has 118 valence electrons. The van der Waals surface area contributed by atoms with Gasteiger partial charge in [-0.15, -0.1) is 0 Å². The van der Waals surface area contributed by atoms with Gasteiger partial charge in [-0.25, -0.2) is 0 Å². The molecule has 0 bridgehead atoms. The molecular formula is C17H28N2O2. The molecule has 1 atom stereocenters. The minimum absolute atomic E-state index is 0.111. The zero-order valence-corrected chi connectivity index (χ0v) is 13.6. The molecule has 0 aromatic heterocycles. The average Bonchev–Trinajstić information content (AvgIpc) is 2.45. The van der Waals surface area contributed by atoms with E-state index in [4.69, 9.17) is 4.74 Å². The number of benzene rings is 1. The lowest BCUT2D eigenvalue weighted by Crippen LogP contribution is -2.34. The van der Waals surface area contributed by atoms with Gasteiger partial charge in [-0.2, -0.15) is 0 Å². The summed E-state index contributed by atoms with van der Waals surface area (Å²) in [7, 11) is 1.68. The SMILES string of the molecule is COc1ccc(CCC(C)NCCC(=O)NC(C)C)cc1. The lowest BCUT2D eigenvalue weighted by molar-refractivity contribution is -0.121. The molecule has 1 unspecified atom stereocenters. The second-order valence-electron chi connectivity index (χ2n) is 5.71. The Bertz CT molecular complexity index is 415. The van der Waals surface area contributed by atoms with Crippen molar-refractivity contribution in [1.82, 2.24) is 10.6 Å². The number of hydrogen-bond acceptors (Lipinski definition) is 3. The van der Waals surface area contributed by atoms with E-state index in [1.807, 2.05) is 26.0 Å². The summed E-state index contributed by atoms with van der Waals surface area (Å²) in [4.78, 5) is 11.5. The van der Waals surface area contributed by atoms with E-state index in [2.05, 4.69) is 29.7 Å². The zero-order valence-electron chi connectivity index (χ0n) is 13.6. The molecule has 4 nitrogen and oxygen atoms in total. The van der Waals surface area contributed by atoms with Crippen LogP contribution in [0.3, 0.4) is 0 Å². The Kier molecular flexibility index (Phi) is 7.83. The summed E-state index contributed by atoms with van der Waals surface area (Å²) in [6.45, 7) is 6.83. The van der Waals surface area contributed by atoms with E-state index >= 15 is 0 Å². The Morgan fingerprint density at radius 3 is 2.43 bits per heavy atom. The number of ether oxygens (including phenoxy) is 1. The van der Waals surface area contributed by atoms with E-state index in [1.54, 1.807) is 7.11 Å². The van der Waals surface area contributed by atoms with Crippen LogP contribution in [0, 0.1) is 0 Å². The van der Waals surface area contributed by atoms with Crippen LogP contribution < -0.4 is 15.4 Å². The highest BCUT2D eigenvalue weighted by Crippen LogP contribution is 2.13. The van der Waals surface area contributed by atoms with Crippen LogP contribution in [0.15, 0.2) is 24.3 Å². The topological polar surface area (TPSA) is 50.4 Å². The maximum Gasteiger partial charge on any atom is 0.221 e. The predicted octanol–water partition coefficient (Wildman–Crippen LogP) is 2.52. The number of carbonyl (C=O) groups is 1. The van der Waals surface area contributed by atoms with Crippen molar-refractivity contribution in [3.8, 4) is 5.75 Å². The van der Waals surface area contributed by atoms with Crippen LogP contribution in [0.4, 0.5) is 0 Å². The Balaban J connectivity index is 2.18. The van der Waals surface area contributed by atoms with Gasteiger partial charge in [-0.05, 0) is 51.3 Å². The van der Waals surface area contributed by atoms with E-state index in [0.29, 0.717) is 12.5 Å². The smallest absolute Gasteiger partial charge is 0.221 e. The number of rotatable bonds is 9. The van der Waals surface area contributed by atoms with Gasteiger partial charge in [-0.1, -0.05) is 12.1 Å². The fraction of sp³-hybridized carbons (Fsp3) is 0.588. The number of carbonyl (C=O) groups excluding carboxylic acids is 1. The van der Waals surface area contributed by atoms with Gasteiger partial charge in [-0.3, -0.25) is 4.79 Å². The van der Waals surface area contributed by atoms with Crippen molar-refractivity contribution in [2.75, 3.05) is 13.7 Å². The normalized spacial score (nSPS) is 12.2. The van der Waals surface area contributed by atoms with Crippen molar-refractivity contribution >= 4 is 5.91 Å². The van der Waals surface area contributed by atoms with Crippen LogP contribution in [0.1, 0.15) is 39.2 Å². The summed E-state index contributed by atoms with van der Waals surface area (Å²) in [6.07, 6.45) is 2.61. The first kappa shape index (κ1) is 17.5. The molecule has 2 N–H and O–H groups in total. The van der Waals surface area contributed by atoms with Gasteiger partial charge in [0.2, 0.25) is 5.91 Å². The summed E-state index contributed by atoms with van der Waals surface area (Å²) in [5, 5.41) is 6.29. The first-order valence-corrected chi connectivity index (χ1v) is 7.67. The number of nitrogens with one attached hydrogen (secondary N) is 2. The molecule has 1 amide bonds. The lowest BCUT2D eigenvalue weighted by atomic mass is 10.1. The summed E-state index contributed by atoms with van der Waals surface area (Å²) in [5.41, 5.74) is 1.31. The summed E-state index contributed by atoms with van der Waals surface area (Å²) >= 11 is 0. The van der Waals surface area contributed by atoms with Gasteiger partial charge in [0.25, 0.3) is 0 Å². The third-order valence-corrected chi connectivity index (χ3v) is 3.32. The maximum absolute atomic E-state index is 11.5. The van der Waals surface area contributed by atoms with E-state index in [0.717, 1.165) is 25.1 Å². The van der Waals surface area contributed by atoms with Crippen molar-refractivity contribution in [2.24, 2.45) is 0 Å². The quantitative estimate of drug-likeness (QED) is 0.735. The third kappa shape index (κ3) is 7.71. The minimum atomic E-state index is 0.111. The fourth-order valence-corrected chi connectivity index (χ4v) is 2.10. The molecule has 1 rings (SSSR count). The lowest BCUT2D eigenvalue weighted by Gasteiger charge is -2.14. The van der Waals surface area contributed by atoms with Crippen molar-refractivity contribution in [1.29, 1.82) is 0 Å². The van der Waals surface area contributed by atoms with E-state index in [1.165, 1.54) is 5.56 Å². The molecule has 21 heavy (non-hydrogen) atoms. The molecule has 0 saturated carbocycles. The van der Waals surface area contributed by atoms with Gasteiger partial charge in [0.1, 0.15) is 5.75 Å². The maximum atomic E-state index is 11.5. The van der Waals surface area contributed by atoms with E-state index in [-0.39, 0.29) is 11.9 Å². The van der Waals surface area contributed by atoms with Crippen LogP contribution in [0.25, 0.3) is 0 Å². The third-order valence-electron chi connectivity index (χ3n) is 3.32. The summed E-state index contributed by atoms with van der Waals surface area (Å²) in [5.74, 6) is 1.00. The first-order chi connectivity index (χ1) is 10.0. The Labute approximate surface area is 128 Å². The minimum Gasteiger partial charge on any atom is -0.497 e. The molecule has 0 heterocycles. The molecule has 1 aromatic carbocycles. The highest BCUT2D eigenvalue weighted by Gasteiger charge is 2.06. The van der Waals surface area contributed by atoms with Gasteiger partial charge in [0.15, 0.2) is 0 Å². The second kappa shape index (κ2) is 9.40. The molecule has 1 aromatic rings. The van der Waals surface area contributed by atoms with Crippen molar-refractivity contribution < 1.29 is 9.53 Å². The van der Waals surface area contributed by atoms with Gasteiger partial charge >= 0.3 is 0 Å². The molecule has 4 heteroatoms. The number of aryl methyl sites for hydroxylation is 1. The number of hydrogen-bond donors (Lipinski definition) is 2. The van der Waals surface area contributed by atoms with Crippen LogP contribution in [0.5, 0.6) is 5.75 Å². The molecule has 0 aliphatic heterocycles. The van der Waals surface area contributed by atoms with Crippen LogP contribution in [0.2, 0.25) is 0 Å². The fourth-order valence-electron chi connectivity index (χ4n) is 2.10. The average molecular weight is 292 g/mol. The first-order valence-electron chi connectivity index (χ1n) is 7.67. The Morgan fingerprint density at radius 2 is 1.86 bits per heavy atom. The Hall–Kier alpha value is -1.55. The van der Waals surface area contributed by atoms with Gasteiger partial charge in [0, 0.05) is 25.0 Å². The second-order valence-corrected chi connectivity index (χ2v) is 5.71. The zero-order chi connectivity index (χ0) is 15.7. The number of amides is 1. The largest absolute Gasteiger partial charge is 0.497 e. The van der Waals surface area contributed by atoms with Gasteiger partial charge < -0.3 is 15.4 Å². The molecule has 0 fully saturated rings. The molecular weight excluding hydrogens is 264 g/mol. The molecule has 0 saturated heterocycles. The number of methoxy groups -OCH3 is 1. The van der Waals surface area contributed by atoms with E-state index in [9.17, 15) is 4.79 Å². The molecule has 0 spiro atoms. The Morgan fingerprint density at radius 1 is 1.19 bits per heavy atom. The molecule has 0 aliphatic rings. The van der Waals surface area contributed by atoms with Crippen LogP contribution in [-0.4, -0.2) is 31.6 Å². The van der Waals surface area contributed by atoms with Crippen LogP contribution >= 0.6 is 0 Å². The predicted molar refractivity (Wildman–Crippen MR) is 86.7 cm³/mol. The highest BCUT2D eigenvalue weighted by molar-refractivity contribution is 5.76.